The van der Waals surface area contributed by atoms with Crippen LogP contribution in [-0.4, -0.2) is 11.1 Å². The monoisotopic (exact) mass is 279 g/mol. The average molecular weight is 280 g/mol. The number of rotatable bonds is 5. The Hall–Kier alpha value is 0.210. The summed E-state index contributed by atoms with van der Waals surface area (Å²) >= 11 is 0. The van der Waals surface area contributed by atoms with E-state index in [1.54, 1.807) is 13.8 Å². The molecule has 0 rings (SSSR count). The summed E-state index contributed by atoms with van der Waals surface area (Å²) in [7, 11) is 0. The van der Waals surface area contributed by atoms with Gasteiger partial charge in [-0.1, -0.05) is 26.7 Å². The summed E-state index contributed by atoms with van der Waals surface area (Å²) in [5, 5.41) is 8.88. The third-order valence-corrected chi connectivity index (χ3v) is 2.53. The van der Waals surface area contributed by atoms with Gasteiger partial charge >= 0.3 is 5.97 Å². The van der Waals surface area contributed by atoms with Crippen LogP contribution in [0, 0.1) is 11.3 Å². The minimum atomic E-state index is -0.686. The van der Waals surface area contributed by atoms with Gasteiger partial charge in [-0.25, -0.2) is 0 Å². The van der Waals surface area contributed by atoms with Crippen molar-refractivity contribution < 1.29 is 32.3 Å². The molecule has 0 saturated heterocycles. The maximum absolute atomic E-state index is 10.8. The summed E-state index contributed by atoms with van der Waals surface area (Å²) in [6, 6.07) is 0. The molecule has 2 nitrogen and oxygen atoms in total. The summed E-state index contributed by atoms with van der Waals surface area (Å²) in [6.07, 6.45) is 2.94. The molecule has 0 bridgehead atoms. The van der Waals surface area contributed by atoms with Gasteiger partial charge in [0, 0.05) is 22.4 Å². The molecule has 0 aliphatic rings. The Kier molecular flexibility index (Phi) is 8.00. The maximum Gasteiger partial charge on any atom is 0.309 e. The number of carbonyl (C=O) groups is 1. The van der Waals surface area contributed by atoms with Gasteiger partial charge in [0.25, 0.3) is 0 Å². The molecule has 1 N–H and O–H groups in total. The Morgan fingerprint density at radius 3 is 1.92 bits per heavy atom. The number of carboxylic acids is 1. The maximum atomic E-state index is 10.8. The zero-order chi connectivity index (χ0) is 9.78. The summed E-state index contributed by atoms with van der Waals surface area (Å²) in [6.45, 7) is 7.83. The van der Waals surface area contributed by atoms with Crippen molar-refractivity contribution >= 4 is 5.97 Å². The molecule has 0 aromatic carbocycles. The van der Waals surface area contributed by atoms with Gasteiger partial charge in [-0.3, -0.25) is 4.79 Å². The van der Waals surface area contributed by atoms with E-state index in [2.05, 4.69) is 13.8 Å². The van der Waals surface area contributed by atoms with Crippen molar-refractivity contribution in [1.82, 2.24) is 0 Å². The van der Waals surface area contributed by atoms with Crippen LogP contribution in [0.25, 0.3) is 0 Å². The fourth-order valence-corrected chi connectivity index (χ4v) is 1.39. The molecule has 3 heteroatoms. The predicted molar refractivity (Wildman–Crippen MR) is 50.1 cm³/mol. The number of aliphatic carboxylic acids is 1. The van der Waals surface area contributed by atoms with Gasteiger partial charge in [0.1, 0.15) is 0 Å². The number of carboxylic acid groups (broad SMARTS) is 1. The first kappa shape index (κ1) is 15.7. The van der Waals surface area contributed by atoms with Crippen molar-refractivity contribution in [2.75, 3.05) is 0 Å². The molecule has 0 spiro atoms. The van der Waals surface area contributed by atoms with E-state index in [-0.39, 0.29) is 22.4 Å². The molecule has 0 aliphatic heterocycles. The van der Waals surface area contributed by atoms with Crippen LogP contribution in [0.3, 0.4) is 0 Å². The molecule has 83 valence electrons. The molecule has 0 atom stereocenters. The smallest absolute Gasteiger partial charge is 0.309 e. The van der Waals surface area contributed by atoms with Crippen molar-refractivity contribution in [2.45, 2.75) is 47.0 Å². The van der Waals surface area contributed by atoms with E-state index in [0.717, 1.165) is 19.3 Å². The Bertz CT molecular complexity index is 151. The molecule has 1 radical (unpaired) electrons. The van der Waals surface area contributed by atoms with Gasteiger partial charge in [-0.05, 0) is 26.2 Å². The first-order valence-corrected chi connectivity index (χ1v) is 4.67. The van der Waals surface area contributed by atoms with Crippen LogP contribution >= 0.6 is 0 Å². The Morgan fingerprint density at radius 2 is 1.69 bits per heavy atom. The van der Waals surface area contributed by atoms with E-state index in [9.17, 15) is 4.79 Å². The molecule has 13 heavy (non-hydrogen) atoms. The molecule has 0 aromatic rings. The van der Waals surface area contributed by atoms with Gasteiger partial charge in [0.15, 0.2) is 0 Å². The second-order valence-corrected chi connectivity index (χ2v) is 4.08. The predicted octanol–water partition coefficient (Wildman–Crippen LogP) is 2.92. The van der Waals surface area contributed by atoms with Crippen molar-refractivity contribution in [3.05, 3.63) is 0 Å². The van der Waals surface area contributed by atoms with E-state index in [1.807, 2.05) is 0 Å². The second-order valence-electron chi connectivity index (χ2n) is 4.08. The molecular formula is C10H20AgO2. The standard InChI is InChI=1S/C10H20O2.Ag/c1-5-8(6-2)7-10(3,4)9(11)12;/h8H,5-7H2,1-4H3,(H,11,12);. The molecule has 0 heterocycles. The van der Waals surface area contributed by atoms with Crippen LogP contribution in [0.4, 0.5) is 0 Å². The van der Waals surface area contributed by atoms with Gasteiger partial charge < -0.3 is 5.11 Å². The zero-order valence-electron chi connectivity index (χ0n) is 8.86. The number of hydrogen-bond acceptors (Lipinski definition) is 1. The van der Waals surface area contributed by atoms with Crippen molar-refractivity contribution in [1.29, 1.82) is 0 Å². The van der Waals surface area contributed by atoms with Gasteiger partial charge in [-0.2, -0.15) is 0 Å². The van der Waals surface area contributed by atoms with Crippen molar-refractivity contribution in [3.8, 4) is 0 Å². The minimum Gasteiger partial charge on any atom is -0.481 e. The molecule has 0 saturated carbocycles. The topological polar surface area (TPSA) is 37.3 Å². The zero-order valence-corrected chi connectivity index (χ0v) is 10.3. The van der Waals surface area contributed by atoms with E-state index in [4.69, 9.17) is 5.11 Å². The van der Waals surface area contributed by atoms with Crippen molar-refractivity contribution in [2.24, 2.45) is 11.3 Å². The summed E-state index contributed by atoms with van der Waals surface area (Å²) < 4.78 is 0. The minimum absolute atomic E-state index is 0. The first-order valence-electron chi connectivity index (χ1n) is 4.67. The summed E-state index contributed by atoms with van der Waals surface area (Å²) in [4.78, 5) is 10.8. The van der Waals surface area contributed by atoms with Crippen LogP contribution in [0.2, 0.25) is 0 Å². The van der Waals surface area contributed by atoms with E-state index in [0.29, 0.717) is 5.92 Å². The quantitative estimate of drug-likeness (QED) is 0.786. The Morgan fingerprint density at radius 1 is 1.31 bits per heavy atom. The first-order chi connectivity index (χ1) is 5.44. The van der Waals surface area contributed by atoms with Crippen LogP contribution in [-0.2, 0) is 27.2 Å². The molecule has 0 unspecified atom stereocenters. The van der Waals surface area contributed by atoms with Gasteiger partial charge in [0.2, 0.25) is 0 Å². The Balaban J connectivity index is 0. The van der Waals surface area contributed by atoms with E-state index >= 15 is 0 Å². The van der Waals surface area contributed by atoms with E-state index < -0.39 is 11.4 Å². The third-order valence-electron chi connectivity index (χ3n) is 2.53. The van der Waals surface area contributed by atoms with Gasteiger partial charge in [-0.15, -0.1) is 0 Å². The largest absolute Gasteiger partial charge is 0.481 e. The number of hydrogen-bond donors (Lipinski definition) is 1. The van der Waals surface area contributed by atoms with Crippen LogP contribution < -0.4 is 0 Å². The fraction of sp³-hybridized carbons (Fsp3) is 0.900. The van der Waals surface area contributed by atoms with Gasteiger partial charge in [0.05, 0.1) is 5.41 Å². The van der Waals surface area contributed by atoms with E-state index in [1.165, 1.54) is 0 Å². The molecular weight excluding hydrogens is 260 g/mol. The SMILES string of the molecule is CCC(CC)CC(C)(C)C(=O)O.[Ag]. The normalized spacial score (nSPS) is 11.2. The third kappa shape index (κ3) is 5.50. The molecule has 0 aliphatic carbocycles. The summed E-state index contributed by atoms with van der Waals surface area (Å²) in [5.74, 6) is -0.134. The molecule has 0 aromatic heterocycles. The summed E-state index contributed by atoms with van der Waals surface area (Å²) in [5.41, 5.74) is -0.559. The van der Waals surface area contributed by atoms with Crippen molar-refractivity contribution in [3.63, 3.8) is 0 Å². The van der Waals surface area contributed by atoms with Crippen LogP contribution in [0.1, 0.15) is 47.0 Å². The second kappa shape index (κ2) is 6.63. The fourth-order valence-electron chi connectivity index (χ4n) is 1.39. The van der Waals surface area contributed by atoms with Crippen LogP contribution in [0.5, 0.6) is 0 Å². The Labute approximate surface area is 96.6 Å². The molecule has 0 amide bonds. The average Bonchev–Trinajstić information content (AvgIpc) is 2.00. The molecule has 0 fully saturated rings. The van der Waals surface area contributed by atoms with Crippen LogP contribution in [0.15, 0.2) is 0 Å².